The monoisotopic (exact) mass is 436 g/mol. The molecule has 1 aliphatic rings. The summed E-state index contributed by atoms with van der Waals surface area (Å²) in [5.74, 6) is 1.24. The summed E-state index contributed by atoms with van der Waals surface area (Å²) in [6.07, 6.45) is 1.89. The second-order valence-electron chi connectivity index (χ2n) is 7.05. The third kappa shape index (κ3) is 6.45. The van der Waals surface area contributed by atoms with E-state index in [1.165, 1.54) is 12.1 Å². The van der Waals surface area contributed by atoms with Crippen molar-refractivity contribution in [1.29, 1.82) is 0 Å². The average molecular weight is 437 g/mol. The van der Waals surface area contributed by atoms with Crippen LogP contribution in [0.4, 0.5) is 0 Å². The van der Waals surface area contributed by atoms with Crippen molar-refractivity contribution < 1.29 is 17.9 Å². The van der Waals surface area contributed by atoms with E-state index in [0.29, 0.717) is 30.6 Å². The lowest BCUT2D eigenvalue weighted by Crippen LogP contribution is -2.41. The molecule has 0 aliphatic carbocycles. The molecule has 0 spiro atoms. The summed E-state index contributed by atoms with van der Waals surface area (Å²) >= 11 is 5.84. The van der Waals surface area contributed by atoms with Gasteiger partial charge in [-0.1, -0.05) is 35.9 Å². The summed E-state index contributed by atoms with van der Waals surface area (Å²) in [5, 5.41) is 0.350. The average Bonchev–Trinajstić information content (AvgIpc) is 2.73. The third-order valence-corrected chi connectivity index (χ3v) is 6.63. The van der Waals surface area contributed by atoms with Crippen molar-refractivity contribution in [3.63, 3.8) is 0 Å². The molecule has 6 nitrogen and oxygen atoms in total. The van der Waals surface area contributed by atoms with Crippen LogP contribution in [0.2, 0.25) is 5.02 Å². The molecule has 1 fully saturated rings. The molecule has 0 saturated carbocycles. The van der Waals surface area contributed by atoms with E-state index in [1.807, 2.05) is 30.3 Å². The molecule has 2 aromatic carbocycles. The second kappa shape index (κ2) is 10.1. The molecule has 1 saturated heterocycles. The number of carbonyl (C=O) groups excluding carboxylic acids is 1. The first kappa shape index (κ1) is 21.6. The summed E-state index contributed by atoms with van der Waals surface area (Å²) in [6, 6.07) is 15.7. The van der Waals surface area contributed by atoms with E-state index in [-0.39, 0.29) is 23.8 Å². The maximum absolute atomic E-state index is 12.4. The highest BCUT2D eigenvalue weighted by molar-refractivity contribution is 7.89. The number of ether oxygens (including phenoxy) is 1. The number of hydrogen-bond acceptors (Lipinski definition) is 4. The van der Waals surface area contributed by atoms with Gasteiger partial charge in [0.1, 0.15) is 5.75 Å². The molecule has 8 heteroatoms. The van der Waals surface area contributed by atoms with Gasteiger partial charge in [0.2, 0.25) is 15.9 Å². The first-order chi connectivity index (χ1) is 13.9. The number of likely N-dealkylation sites (tertiary alicyclic amines) is 1. The highest BCUT2D eigenvalue weighted by atomic mass is 35.5. The maximum Gasteiger partial charge on any atom is 0.240 e. The fourth-order valence-electron chi connectivity index (χ4n) is 3.25. The molecular formula is C21H25ClN2O4S. The summed E-state index contributed by atoms with van der Waals surface area (Å²) in [4.78, 5) is 14.3. The Hall–Kier alpha value is -2.09. The number of para-hydroxylation sites is 1. The van der Waals surface area contributed by atoms with E-state index in [9.17, 15) is 13.2 Å². The SMILES string of the molecule is O=C(CCNS(=O)(=O)c1cccc(Cl)c1)N1CCC(COc2ccccc2)CC1. The zero-order valence-electron chi connectivity index (χ0n) is 16.1. The van der Waals surface area contributed by atoms with Gasteiger partial charge in [-0.2, -0.15) is 0 Å². The van der Waals surface area contributed by atoms with E-state index >= 15 is 0 Å². The van der Waals surface area contributed by atoms with Gasteiger partial charge in [-0.15, -0.1) is 0 Å². The molecule has 1 amide bonds. The number of rotatable bonds is 8. The highest BCUT2D eigenvalue weighted by Gasteiger charge is 2.23. The first-order valence-electron chi connectivity index (χ1n) is 9.65. The van der Waals surface area contributed by atoms with Crippen molar-refractivity contribution in [1.82, 2.24) is 9.62 Å². The molecule has 1 heterocycles. The van der Waals surface area contributed by atoms with Crippen LogP contribution in [0.1, 0.15) is 19.3 Å². The summed E-state index contributed by atoms with van der Waals surface area (Å²) in [6.45, 7) is 2.04. The summed E-state index contributed by atoms with van der Waals surface area (Å²) in [7, 11) is -3.67. The van der Waals surface area contributed by atoms with E-state index < -0.39 is 10.0 Å². The minimum atomic E-state index is -3.67. The van der Waals surface area contributed by atoms with Gasteiger partial charge in [0.25, 0.3) is 0 Å². The number of amides is 1. The van der Waals surface area contributed by atoms with Crippen LogP contribution in [0.3, 0.4) is 0 Å². The van der Waals surface area contributed by atoms with Gasteiger partial charge in [-0.05, 0) is 49.1 Å². The lowest BCUT2D eigenvalue weighted by Gasteiger charge is -2.32. The van der Waals surface area contributed by atoms with Gasteiger partial charge in [0, 0.05) is 31.1 Å². The van der Waals surface area contributed by atoms with Crippen LogP contribution < -0.4 is 9.46 Å². The van der Waals surface area contributed by atoms with Crippen LogP contribution in [-0.4, -0.2) is 45.5 Å². The van der Waals surface area contributed by atoms with Crippen LogP contribution in [0, 0.1) is 5.92 Å². The van der Waals surface area contributed by atoms with Gasteiger partial charge in [-0.3, -0.25) is 4.79 Å². The van der Waals surface area contributed by atoms with Gasteiger partial charge in [-0.25, -0.2) is 13.1 Å². The topological polar surface area (TPSA) is 75.7 Å². The molecular weight excluding hydrogens is 412 g/mol. The molecule has 1 N–H and O–H groups in total. The standard InChI is InChI=1S/C21H25ClN2O4S/c22-18-5-4-8-20(15-18)29(26,27)23-12-9-21(25)24-13-10-17(11-14-24)16-28-19-6-2-1-3-7-19/h1-8,15,17,23H,9-14,16H2. The maximum atomic E-state index is 12.4. The molecule has 3 rings (SSSR count). The van der Waals surface area contributed by atoms with Crippen molar-refractivity contribution in [2.24, 2.45) is 5.92 Å². The molecule has 0 radical (unpaired) electrons. The van der Waals surface area contributed by atoms with E-state index in [4.69, 9.17) is 16.3 Å². The third-order valence-electron chi connectivity index (χ3n) is 4.93. The van der Waals surface area contributed by atoms with Crippen LogP contribution >= 0.6 is 11.6 Å². The largest absolute Gasteiger partial charge is 0.493 e. The Morgan fingerprint density at radius 2 is 1.83 bits per heavy atom. The molecule has 0 aromatic heterocycles. The van der Waals surface area contributed by atoms with E-state index in [1.54, 1.807) is 17.0 Å². The van der Waals surface area contributed by atoms with Gasteiger partial charge < -0.3 is 9.64 Å². The number of carbonyl (C=O) groups is 1. The molecule has 0 unspecified atom stereocenters. The number of benzene rings is 2. The highest BCUT2D eigenvalue weighted by Crippen LogP contribution is 2.20. The molecule has 1 aliphatic heterocycles. The van der Waals surface area contributed by atoms with Gasteiger partial charge in [0.15, 0.2) is 0 Å². The van der Waals surface area contributed by atoms with Crippen molar-refractivity contribution in [2.75, 3.05) is 26.2 Å². The Kier molecular flexibility index (Phi) is 7.52. The number of halogens is 1. The molecule has 0 atom stereocenters. The lowest BCUT2D eigenvalue weighted by molar-refractivity contribution is -0.132. The van der Waals surface area contributed by atoms with Gasteiger partial charge >= 0.3 is 0 Å². The predicted octanol–water partition coefficient (Wildman–Crippen LogP) is 3.33. The van der Waals surface area contributed by atoms with Crippen molar-refractivity contribution in [3.8, 4) is 5.75 Å². The minimum absolute atomic E-state index is 0.0405. The first-order valence-corrected chi connectivity index (χ1v) is 11.5. The Morgan fingerprint density at radius 3 is 2.52 bits per heavy atom. The fourth-order valence-corrected chi connectivity index (χ4v) is 4.58. The predicted molar refractivity (Wildman–Crippen MR) is 112 cm³/mol. The Labute approximate surface area is 176 Å². The molecule has 29 heavy (non-hydrogen) atoms. The quantitative estimate of drug-likeness (QED) is 0.688. The molecule has 0 bridgehead atoms. The number of piperidine rings is 1. The van der Waals surface area contributed by atoms with Crippen molar-refractivity contribution in [3.05, 3.63) is 59.6 Å². The van der Waals surface area contributed by atoms with Crippen LogP contribution in [0.5, 0.6) is 5.75 Å². The van der Waals surface area contributed by atoms with Crippen LogP contribution in [0.15, 0.2) is 59.5 Å². The zero-order valence-corrected chi connectivity index (χ0v) is 17.7. The number of nitrogens with one attached hydrogen (secondary N) is 1. The molecule has 156 valence electrons. The van der Waals surface area contributed by atoms with Crippen molar-refractivity contribution in [2.45, 2.75) is 24.2 Å². The molecule has 2 aromatic rings. The second-order valence-corrected chi connectivity index (χ2v) is 9.26. The minimum Gasteiger partial charge on any atom is -0.493 e. The van der Waals surface area contributed by atoms with E-state index in [2.05, 4.69) is 4.72 Å². The Balaban J connectivity index is 1.38. The Bertz CT molecular complexity index is 913. The normalized spacial score (nSPS) is 15.3. The zero-order chi connectivity index (χ0) is 20.7. The van der Waals surface area contributed by atoms with E-state index in [0.717, 1.165) is 18.6 Å². The Morgan fingerprint density at radius 1 is 1.10 bits per heavy atom. The summed E-state index contributed by atoms with van der Waals surface area (Å²) < 4.78 is 32.8. The fraction of sp³-hybridized carbons (Fsp3) is 0.381. The number of nitrogens with zero attached hydrogens (tertiary/aromatic N) is 1. The van der Waals surface area contributed by atoms with Crippen molar-refractivity contribution >= 4 is 27.5 Å². The van der Waals surface area contributed by atoms with Crippen LogP contribution in [-0.2, 0) is 14.8 Å². The summed E-state index contributed by atoms with van der Waals surface area (Å²) in [5.41, 5.74) is 0. The van der Waals surface area contributed by atoms with Gasteiger partial charge in [0.05, 0.1) is 11.5 Å². The lowest BCUT2D eigenvalue weighted by atomic mass is 9.97. The number of sulfonamides is 1. The number of hydrogen-bond donors (Lipinski definition) is 1. The van der Waals surface area contributed by atoms with Crippen LogP contribution in [0.25, 0.3) is 0 Å². The smallest absolute Gasteiger partial charge is 0.240 e.